The first-order valence-corrected chi connectivity index (χ1v) is 7.30. The fourth-order valence-corrected chi connectivity index (χ4v) is 2.26. The topological polar surface area (TPSA) is 64.9 Å². The van der Waals surface area contributed by atoms with Gasteiger partial charge in [0.15, 0.2) is 5.82 Å². The highest BCUT2D eigenvalue weighted by molar-refractivity contribution is 5.66. The van der Waals surface area contributed by atoms with E-state index in [1.54, 1.807) is 11.8 Å². The Balaban J connectivity index is 2.52. The Morgan fingerprint density at radius 3 is 2.67 bits per heavy atom. The van der Waals surface area contributed by atoms with Crippen LogP contribution in [0.5, 0.6) is 5.88 Å². The van der Waals surface area contributed by atoms with Crippen LogP contribution < -0.4 is 10.1 Å². The van der Waals surface area contributed by atoms with Crippen molar-refractivity contribution in [2.24, 2.45) is 7.05 Å². The van der Waals surface area contributed by atoms with Crippen molar-refractivity contribution in [1.82, 2.24) is 19.7 Å². The highest BCUT2D eigenvalue weighted by Gasteiger charge is 2.19. The van der Waals surface area contributed by atoms with Crippen LogP contribution in [0.2, 0.25) is 0 Å². The lowest BCUT2D eigenvalue weighted by Gasteiger charge is -2.09. The van der Waals surface area contributed by atoms with Gasteiger partial charge >= 0.3 is 0 Å². The second kappa shape index (κ2) is 6.56. The third-order valence-corrected chi connectivity index (χ3v) is 3.28. The molecule has 6 heteroatoms. The molecule has 2 rings (SSSR count). The quantitative estimate of drug-likeness (QED) is 0.885. The summed E-state index contributed by atoms with van der Waals surface area (Å²) >= 11 is 0. The van der Waals surface area contributed by atoms with E-state index in [-0.39, 0.29) is 0 Å². The van der Waals surface area contributed by atoms with Crippen LogP contribution in [0.25, 0.3) is 11.4 Å². The number of anilines is 1. The standard InChI is InChI=1S/C15H23N5O/c1-6-8-16-12-9-11(7-2)17-14(18-12)13-10(3)19-20(4)15(13)21-5/h9H,6-8H2,1-5H3,(H,16,17,18). The fraction of sp³-hybridized carbons (Fsp3) is 0.533. The number of aromatic nitrogens is 4. The minimum absolute atomic E-state index is 0.662. The van der Waals surface area contributed by atoms with Crippen LogP contribution >= 0.6 is 0 Å². The monoisotopic (exact) mass is 289 g/mol. The Morgan fingerprint density at radius 2 is 2.05 bits per heavy atom. The van der Waals surface area contributed by atoms with Gasteiger partial charge in [0, 0.05) is 25.4 Å². The first-order chi connectivity index (χ1) is 10.1. The highest BCUT2D eigenvalue weighted by atomic mass is 16.5. The third-order valence-electron chi connectivity index (χ3n) is 3.28. The van der Waals surface area contributed by atoms with E-state index in [9.17, 15) is 0 Å². The van der Waals surface area contributed by atoms with E-state index in [0.717, 1.165) is 42.2 Å². The number of nitrogens with one attached hydrogen (secondary N) is 1. The lowest BCUT2D eigenvalue weighted by atomic mass is 10.2. The van der Waals surface area contributed by atoms with Crippen LogP contribution in [0.1, 0.15) is 31.7 Å². The van der Waals surface area contributed by atoms with E-state index < -0.39 is 0 Å². The molecule has 0 amide bonds. The smallest absolute Gasteiger partial charge is 0.222 e. The van der Waals surface area contributed by atoms with Gasteiger partial charge in [-0.05, 0) is 19.8 Å². The summed E-state index contributed by atoms with van der Waals surface area (Å²) in [6, 6.07) is 2.00. The van der Waals surface area contributed by atoms with Crippen LogP contribution in [-0.4, -0.2) is 33.4 Å². The summed E-state index contributed by atoms with van der Waals surface area (Å²) in [6.07, 6.45) is 1.91. The van der Waals surface area contributed by atoms with E-state index >= 15 is 0 Å². The maximum atomic E-state index is 5.45. The number of ether oxygens (including phenoxy) is 1. The number of hydrogen-bond acceptors (Lipinski definition) is 5. The number of methoxy groups -OCH3 is 1. The zero-order valence-electron chi connectivity index (χ0n) is 13.4. The molecule has 2 aromatic heterocycles. The number of hydrogen-bond donors (Lipinski definition) is 1. The number of aryl methyl sites for hydroxylation is 3. The molecular weight excluding hydrogens is 266 g/mol. The molecule has 0 aliphatic carbocycles. The summed E-state index contributed by atoms with van der Waals surface area (Å²) in [4.78, 5) is 9.24. The minimum atomic E-state index is 0.662. The van der Waals surface area contributed by atoms with E-state index in [1.807, 2.05) is 20.0 Å². The molecule has 0 fully saturated rings. The molecule has 21 heavy (non-hydrogen) atoms. The summed E-state index contributed by atoms with van der Waals surface area (Å²) in [6.45, 7) is 7.05. The number of rotatable bonds is 6. The van der Waals surface area contributed by atoms with Crippen molar-refractivity contribution >= 4 is 5.82 Å². The molecule has 0 aliphatic rings. The second-order valence-electron chi connectivity index (χ2n) is 4.94. The average Bonchev–Trinajstić information content (AvgIpc) is 2.78. The molecule has 0 aromatic carbocycles. The van der Waals surface area contributed by atoms with E-state index in [0.29, 0.717) is 11.7 Å². The van der Waals surface area contributed by atoms with Crippen molar-refractivity contribution < 1.29 is 4.74 Å². The van der Waals surface area contributed by atoms with Gasteiger partial charge < -0.3 is 10.1 Å². The maximum Gasteiger partial charge on any atom is 0.222 e. The van der Waals surface area contributed by atoms with Crippen molar-refractivity contribution in [3.8, 4) is 17.3 Å². The molecular formula is C15H23N5O. The SMILES string of the molecule is CCCNc1cc(CC)nc(-c2c(C)nn(C)c2OC)n1. The van der Waals surface area contributed by atoms with Crippen LogP contribution in [0.3, 0.4) is 0 Å². The molecule has 1 N–H and O–H groups in total. The molecule has 6 nitrogen and oxygen atoms in total. The van der Waals surface area contributed by atoms with E-state index in [4.69, 9.17) is 4.74 Å². The zero-order chi connectivity index (χ0) is 15.4. The van der Waals surface area contributed by atoms with Gasteiger partial charge in [-0.15, -0.1) is 0 Å². The normalized spacial score (nSPS) is 10.7. The van der Waals surface area contributed by atoms with E-state index in [1.165, 1.54) is 0 Å². The Bertz CT molecular complexity index is 621. The molecule has 0 atom stereocenters. The first-order valence-electron chi connectivity index (χ1n) is 7.30. The molecule has 0 saturated carbocycles. The van der Waals surface area contributed by atoms with Crippen molar-refractivity contribution in [2.75, 3.05) is 19.0 Å². The van der Waals surface area contributed by atoms with Crippen molar-refractivity contribution in [1.29, 1.82) is 0 Å². The number of nitrogens with zero attached hydrogens (tertiary/aromatic N) is 4. The molecule has 0 saturated heterocycles. The van der Waals surface area contributed by atoms with Crippen molar-refractivity contribution in [3.05, 3.63) is 17.5 Å². The average molecular weight is 289 g/mol. The van der Waals surface area contributed by atoms with Gasteiger partial charge in [0.2, 0.25) is 5.88 Å². The Labute approximate surface area is 125 Å². The largest absolute Gasteiger partial charge is 0.481 e. The summed E-state index contributed by atoms with van der Waals surface area (Å²) in [5.41, 5.74) is 2.72. The Morgan fingerprint density at radius 1 is 1.29 bits per heavy atom. The molecule has 0 aliphatic heterocycles. The van der Waals surface area contributed by atoms with Crippen LogP contribution in [0.15, 0.2) is 6.07 Å². The summed E-state index contributed by atoms with van der Waals surface area (Å²) in [5, 5.41) is 7.72. The van der Waals surface area contributed by atoms with Crippen molar-refractivity contribution in [2.45, 2.75) is 33.6 Å². The Kier molecular flexibility index (Phi) is 4.77. The van der Waals surface area contributed by atoms with Crippen molar-refractivity contribution in [3.63, 3.8) is 0 Å². The molecule has 114 valence electrons. The molecule has 0 bridgehead atoms. The lowest BCUT2D eigenvalue weighted by molar-refractivity contribution is 0.374. The van der Waals surface area contributed by atoms with Gasteiger partial charge in [-0.2, -0.15) is 5.10 Å². The summed E-state index contributed by atoms with van der Waals surface area (Å²) in [5.74, 6) is 2.20. The van der Waals surface area contributed by atoms with Gasteiger partial charge in [0.05, 0.1) is 12.8 Å². The Hall–Kier alpha value is -2.11. The van der Waals surface area contributed by atoms with Crippen LogP contribution in [-0.2, 0) is 13.5 Å². The lowest BCUT2D eigenvalue weighted by Crippen LogP contribution is -2.06. The molecule has 0 spiro atoms. The van der Waals surface area contributed by atoms with Gasteiger partial charge in [-0.25, -0.2) is 14.6 Å². The first kappa shape index (κ1) is 15.3. The maximum absolute atomic E-state index is 5.45. The predicted octanol–water partition coefficient (Wildman–Crippen LogP) is 2.58. The minimum Gasteiger partial charge on any atom is -0.481 e. The fourth-order valence-electron chi connectivity index (χ4n) is 2.26. The van der Waals surface area contributed by atoms with Gasteiger partial charge in [0.1, 0.15) is 11.4 Å². The summed E-state index contributed by atoms with van der Waals surface area (Å²) < 4.78 is 7.16. The third kappa shape index (κ3) is 3.15. The van der Waals surface area contributed by atoms with Gasteiger partial charge in [-0.1, -0.05) is 13.8 Å². The van der Waals surface area contributed by atoms with E-state index in [2.05, 4.69) is 34.2 Å². The van der Waals surface area contributed by atoms with Gasteiger partial charge in [-0.3, -0.25) is 0 Å². The molecule has 0 radical (unpaired) electrons. The van der Waals surface area contributed by atoms with Crippen LogP contribution in [0.4, 0.5) is 5.82 Å². The molecule has 2 heterocycles. The van der Waals surface area contributed by atoms with Crippen LogP contribution in [0, 0.1) is 6.92 Å². The molecule has 0 unspecified atom stereocenters. The predicted molar refractivity (Wildman–Crippen MR) is 83.7 cm³/mol. The summed E-state index contributed by atoms with van der Waals surface area (Å²) in [7, 11) is 3.50. The highest BCUT2D eigenvalue weighted by Crippen LogP contribution is 2.31. The second-order valence-corrected chi connectivity index (χ2v) is 4.94. The zero-order valence-corrected chi connectivity index (χ0v) is 13.4. The molecule has 2 aromatic rings. The van der Waals surface area contributed by atoms with Gasteiger partial charge in [0.25, 0.3) is 0 Å².